The third kappa shape index (κ3) is 5.33. The molecule has 3 heteroatoms. The molecule has 3 nitrogen and oxygen atoms in total. The average Bonchev–Trinajstić information content (AvgIpc) is 2.98. The highest BCUT2D eigenvalue weighted by molar-refractivity contribution is 5.90. The molecule has 5 aromatic rings. The lowest BCUT2D eigenvalue weighted by Gasteiger charge is -2.25. The van der Waals surface area contributed by atoms with Gasteiger partial charge in [-0.05, 0) is 76.9 Å². The molecule has 0 aromatic heterocycles. The monoisotopic (exact) mass is 473 g/mol. The molecule has 0 unspecified atom stereocenters. The van der Waals surface area contributed by atoms with Crippen molar-refractivity contribution in [3.63, 3.8) is 0 Å². The summed E-state index contributed by atoms with van der Waals surface area (Å²) in [4.78, 5) is 2.24. The summed E-state index contributed by atoms with van der Waals surface area (Å²) in [5, 5.41) is 18.7. The van der Waals surface area contributed by atoms with Crippen molar-refractivity contribution in [1.29, 1.82) is 10.5 Å². The van der Waals surface area contributed by atoms with Crippen molar-refractivity contribution in [2.45, 2.75) is 0 Å². The molecule has 0 fully saturated rings. The maximum atomic E-state index is 9.72. The quantitative estimate of drug-likeness (QED) is 0.183. The van der Waals surface area contributed by atoms with Crippen LogP contribution in [-0.4, -0.2) is 0 Å². The second-order valence-corrected chi connectivity index (χ2v) is 8.53. The number of nitriles is 2. The topological polar surface area (TPSA) is 50.8 Å². The smallest absolute Gasteiger partial charge is 0.0998 e. The van der Waals surface area contributed by atoms with E-state index in [-0.39, 0.29) is 0 Å². The molecule has 0 aliphatic carbocycles. The first-order valence-corrected chi connectivity index (χ1v) is 12.0. The van der Waals surface area contributed by atoms with Gasteiger partial charge in [-0.3, -0.25) is 0 Å². The Bertz CT molecular complexity index is 1550. The fourth-order valence-electron chi connectivity index (χ4n) is 4.25. The zero-order valence-corrected chi connectivity index (χ0v) is 20.1. The van der Waals surface area contributed by atoms with Crippen molar-refractivity contribution in [1.82, 2.24) is 0 Å². The van der Waals surface area contributed by atoms with E-state index < -0.39 is 0 Å². The molecule has 0 saturated heterocycles. The predicted molar refractivity (Wildman–Crippen MR) is 151 cm³/mol. The SMILES string of the molecule is N#C/C(=C\c1ccc(C#N)cc1)c1ccc(-c2ccc(N(c3ccccc3)c3ccccc3)cc2)cc1. The van der Waals surface area contributed by atoms with Crippen LogP contribution in [0, 0.1) is 22.7 Å². The van der Waals surface area contributed by atoms with Crippen LogP contribution in [0.25, 0.3) is 22.8 Å². The van der Waals surface area contributed by atoms with Gasteiger partial charge in [0.15, 0.2) is 0 Å². The summed E-state index contributed by atoms with van der Waals surface area (Å²) in [6, 6.07) is 48.8. The Hall–Kier alpha value is -5.38. The van der Waals surface area contributed by atoms with Crippen LogP contribution in [0.1, 0.15) is 16.7 Å². The summed E-state index contributed by atoms with van der Waals surface area (Å²) >= 11 is 0. The fraction of sp³-hybridized carbons (Fsp3) is 0. The summed E-state index contributed by atoms with van der Waals surface area (Å²) in [6.45, 7) is 0. The zero-order chi connectivity index (χ0) is 25.5. The molecule has 174 valence electrons. The molecular weight excluding hydrogens is 450 g/mol. The van der Waals surface area contributed by atoms with E-state index in [0.29, 0.717) is 11.1 Å². The number of benzene rings is 5. The molecule has 5 rings (SSSR count). The number of hydrogen-bond donors (Lipinski definition) is 0. The minimum absolute atomic E-state index is 0.577. The molecule has 0 atom stereocenters. The maximum absolute atomic E-state index is 9.72. The van der Waals surface area contributed by atoms with E-state index in [1.165, 1.54) is 0 Å². The lowest BCUT2D eigenvalue weighted by molar-refractivity contribution is 1.28. The normalized spacial score (nSPS) is 10.8. The second-order valence-electron chi connectivity index (χ2n) is 8.53. The maximum Gasteiger partial charge on any atom is 0.0998 e. The van der Waals surface area contributed by atoms with Crippen molar-refractivity contribution < 1.29 is 0 Å². The molecule has 0 aliphatic rings. The Balaban J connectivity index is 1.40. The molecule has 0 heterocycles. The number of para-hydroxylation sites is 2. The number of nitrogens with zero attached hydrogens (tertiary/aromatic N) is 3. The van der Waals surface area contributed by atoms with Crippen molar-refractivity contribution in [2.24, 2.45) is 0 Å². The van der Waals surface area contributed by atoms with Crippen molar-refractivity contribution in [3.05, 3.63) is 150 Å². The van der Waals surface area contributed by atoms with Gasteiger partial charge < -0.3 is 4.90 Å². The number of anilines is 3. The van der Waals surface area contributed by atoms with Gasteiger partial charge in [0.2, 0.25) is 0 Å². The van der Waals surface area contributed by atoms with E-state index in [2.05, 4.69) is 65.6 Å². The van der Waals surface area contributed by atoms with E-state index in [1.807, 2.05) is 78.9 Å². The van der Waals surface area contributed by atoms with Gasteiger partial charge in [0.1, 0.15) is 0 Å². The highest BCUT2D eigenvalue weighted by Crippen LogP contribution is 2.35. The third-order valence-electron chi connectivity index (χ3n) is 6.15. The molecule has 37 heavy (non-hydrogen) atoms. The minimum atomic E-state index is 0.577. The minimum Gasteiger partial charge on any atom is -0.311 e. The van der Waals surface area contributed by atoms with Gasteiger partial charge in [0.25, 0.3) is 0 Å². The van der Waals surface area contributed by atoms with Crippen LogP contribution in [0.2, 0.25) is 0 Å². The van der Waals surface area contributed by atoms with Crippen LogP contribution in [-0.2, 0) is 0 Å². The van der Waals surface area contributed by atoms with Gasteiger partial charge in [0.05, 0.1) is 23.3 Å². The van der Waals surface area contributed by atoms with Crippen molar-refractivity contribution in [2.75, 3.05) is 4.90 Å². The zero-order valence-electron chi connectivity index (χ0n) is 20.1. The predicted octanol–water partition coefficient (Wildman–Crippen LogP) is 8.76. The molecule has 5 aromatic carbocycles. The Morgan fingerprint density at radius 3 is 1.51 bits per heavy atom. The van der Waals surface area contributed by atoms with Crippen molar-refractivity contribution >= 4 is 28.7 Å². The second kappa shape index (κ2) is 10.9. The molecule has 0 aliphatic heterocycles. The largest absolute Gasteiger partial charge is 0.311 e. The van der Waals surface area contributed by atoms with E-state index in [9.17, 15) is 5.26 Å². The number of allylic oxidation sites excluding steroid dienone is 1. The molecule has 0 N–H and O–H groups in total. The van der Waals surface area contributed by atoms with Gasteiger partial charge >= 0.3 is 0 Å². The van der Waals surface area contributed by atoms with Crippen LogP contribution in [0.15, 0.2) is 133 Å². The molecule has 0 radical (unpaired) electrons. The first-order chi connectivity index (χ1) is 18.2. The Morgan fingerprint density at radius 1 is 0.541 bits per heavy atom. The lowest BCUT2D eigenvalue weighted by Crippen LogP contribution is -2.09. The molecule has 0 amide bonds. The summed E-state index contributed by atoms with van der Waals surface area (Å²) in [5.41, 5.74) is 8.38. The Morgan fingerprint density at radius 2 is 1.03 bits per heavy atom. The van der Waals surface area contributed by atoms with Gasteiger partial charge in [-0.2, -0.15) is 10.5 Å². The van der Waals surface area contributed by atoms with Crippen LogP contribution in [0.4, 0.5) is 17.1 Å². The average molecular weight is 474 g/mol. The van der Waals surface area contributed by atoms with Gasteiger partial charge in [0, 0.05) is 17.1 Å². The van der Waals surface area contributed by atoms with Crippen LogP contribution >= 0.6 is 0 Å². The first kappa shape index (κ1) is 23.4. The summed E-state index contributed by atoms with van der Waals surface area (Å²) < 4.78 is 0. The number of rotatable bonds is 6. The summed E-state index contributed by atoms with van der Waals surface area (Å²) in [5.74, 6) is 0. The summed E-state index contributed by atoms with van der Waals surface area (Å²) in [7, 11) is 0. The van der Waals surface area contributed by atoms with Crippen LogP contribution < -0.4 is 4.90 Å². The van der Waals surface area contributed by atoms with Gasteiger partial charge in [-0.25, -0.2) is 0 Å². The van der Waals surface area contributed by atoms with E-state index in [4.69, 9.17) is 5.26 Å². The third-order valence-corrected chi connectivity index (χ3v) is 6.15. The van der Waals surface area contributed by atoms with E-state index in [1.54, 1.807) is 12.1 Å². The molecule has 0 spiro atoms. The van der Waals surface area contributed by atoms with Gasteiger partial charge in [-0.15, -0.1) is 0 Å². The van der Waals surface area contributed by atoms with Crippen LogP contribution in [0.5, 0.6) is 0 Å². The Labute approximate surface area is 217 Å². The van der Waals surface area contributed by atoms with E-state index >= 15 is 0 Å². The van der Waals surface area contributed by atoms with Crippen LogP contribution in [0.3, 0.4) is 0 Å². The Kier molecular flexibility index (Phi) is 6.89. The first-order valence-electron chi connectivity index (χ1n) is 12.0. The van der Waals surface area contributed by atoms with E-state index in [0.717, 1.165) is 39.3 Å². The number of hydrogen-bond acceptors (Lipinski definition) is 3. The summed E-state index contributed by atoms with van der Waals surface area (Å²) in [6.07, 6.45) is 1.84. The van der Waals surface area contributed by atoms with Crippen molar-refractivity contribution in [3.8, 4) is 23.3 Å². The van der Waals surface area contributed by atoms with Gasteiger partial charge in [-0.1, -0.05) is 84.9 Å². The molecule has 0 saturated carbocycles. The fourth-order valence-corrected chi connectivity index (χ4v) is 4.25. The highest BCUT2D eigenvalue weighted by Gasteiger charge is 2.12. The molecular formula is C34H23N3. The highest BCUT2D eigenvalue weighted by atomic mass is 15.1. The molecule has 0 bridgehead atoms. The lowest BCUT2D eigenvalue weighted by atomic mass is 9.99. The standard InChI is InChI=1S/C34H23N3/c35-24-27-13-11-26(12-14-27)23-31(25-36)30-17-15-28(16-18-30)29-19-21-34(22-20-29)37(32-7-3-1-4-8-32)33-9-5-2-6-10-33/h1-23H/b31-23+.